The number of benzene rings is 3. The van der Waals surface area contributed by atoms with Crippen LogP contribution in [0.5, 0.6) is 11.5 Å². The first-order chi connectivity index (χ1) is 13.6. The summed E-state index contributed by atoms with van der Waals surface area (Å²) < 4.78 is 10.4. The largest absolute Gasteiger partial charge is 0.497 e. The standard InChI is InChI=1S/C23H24N2O3/c1-16-5-4-6-17(11-16)15-24-19-7-9-20(10-8-19)25-23(26)18-12-21(27-2)14-22(13-18)28-3/h4-14,24H,15H2,1-3H3,(H,25,26). The molecule has 2 N–H and O–H groups in total. The number of rotatable bonds is 7. The molecule has 0 fully saturated rings. The molecule has 0 heterocycles. The third kappa shape index (κ3) is 5.04. The lowest BCUT2D eigenvalue weighted by molar-refractivity contribution is 0.102. The summed E-state index contributed by atoms with van der Waals surface area (Å²) in [6.07, 6.45) is 0. The van der Waals surface area contributed by atoms with Crippen molar-refractivity contribution in [3.8, 4) is 11.5 Å². The maximum absolute atomic E-state index is 12.5. The van der Waals surface area contributed by atoms with E-state index in [0.29, 0.717) is 22.7 Å². The molecule has 0 aliphatic heterocycles. The Bertz CT molecular complexity index is 930. The van der Waals surface area contributed by atoms with Gasteiger partial charge in [0, 0.05) is 29.5 Å². The molecule has 0 spiro atoms. The maximum Gasteiger partial charge on any atom is 0.255 e. The van der Waals surface area contributed by atoms with Crippen LogP contribution in [0.25, 0.3) is 0 Å². The molecular weight excluding hydrogens is 352 g/mol. The van der Waals surface area contributed by atoms with E-state index < -0.39 is 0 Å². The van der Waals surface area contributed by atoms with E-state index in [0.717, 1.165) is 12.2 Å². The van der Waals surface area contributed by atoms with Crippen LogP contribution in [-0.4, -0.2) is 20.1 Å². The highest BCUT2D eigenvalue weighted by Gasteiger charge is 2.10. The second-order valence-electron chi connectivity index (χ2n) is 6.48. The number of anilines is 2. The molecule has 3 rings (SSSR count). The summed E-state index contributed by atoms with van der Waals surface area (Å²) in [4.78, 5) is 12.5. The zero-order chi connectivity index (χ0) is 19.9. The third-order valence-corrected chi connectivity index (χ3v) is 4.34. The summed E-state index contributed by atoms with van der Waals surface area (Å²) >= 11 is 0. The highest BCUT2D eigenvalue weighted by Crippen LogP contribution is 2.23. The van der Waals surface area contributed by atoms with Crippen LogP contribution in [-0.2, 0) is 6.54 Å². The van der Waals surface area contributed by atoms with Crippen LogP contribution in [0.1, 0.15) is 21.5 Å². The molecule has 0 atom stereocenters. The Hall–Kier alpha value is -3.47. The van der Waals surface area contributed by atoms with Gasteiger partial charge in [0.15, 0.2) is 0 Å². The van der Waals surface area contributed by atoms with Crippen molar-refractivity contribution in [3.63, 3.8) is 0 Å². The summed E-state index contributed by atoms with van der Waals surface area (Å²) in [7, 11) is 3.11. The summed E-state index contributed by atoms with van der Waals surface area (Å²) in [5, 5.41) is 6.28. The van der Waals surface area contributed by atoms with Crippen molar-refractivity contribution in [1.82, 2.24) is 0 Å². The van der Waals surface area contributed by atoms with Crippen molar-refractivity contribution in [1.29, 1.82) is 0 Å². The molecule has 5 nitrogen and oxygen atoms in total. The Kier molecular flexibility index (Phi) is 6.17. The average molecular weight is 376 g/mol. The predicted octanol–water partition coefficient (Wildman–Crippen LogP) is 4.88. The van der Waals surface area contributed by atoms with E-state index in [-0.39, 0.29) is 5.91 Å². The van der Waals surface area contributed by atoms with Gasteiger partial charge < -0.3 is 20.1 Å². The van der Waals surface area contributed by atoms with E-state index in [4.69, 9.17) is 9.47 Å². The molecule has 0 aliphatic carbocycles. The fourth-order valence-corrected chi connectivity index (χ4v) is 2.84. The van der Waals surface area contributed by atoms with Crippen molar-refractivity contribution in [3.05, 3.63) is 83.4 Å². The second-order valence-corrected chi connectivity index (χ2v) is 6.48. The molecule has 5 heteroatoms. The van der Waals surface area contributed by atoms with E-state index >= 15 is 0 Å². The lowest BCUT2D eigenvalue weighted by Crippen LogP contribution is -2.12. The Balaban J connectivity index is 1.63. The first-order valence-corrected chi connectivity index (χ1v) is 9.01. The van der Waals surface area contributed by atoms with Crippen molar-refractivity contribution in [2.45, 2.75) is 13.5 Å². The van der Waals surface area contributed by atoms with Gasteiger partial charge in [0.1, 0.15) is 11.5 Å². The Labute approximate surface area is 165 Å². The van der Waals surface area contributed by atoms with E-state index in [2.05, 4.69) is 41.8 Å². The molecular formula is C23H24N2O3. The molecule has 144 valence electrons. The smallest absolute Gasteiger partial charge is 0.255 e. The van der Waals surface area contributed by atoms with Gasteiger partial charge in [-0.2, -0.15) is 0 Å². The lowest BCUT2D eigenvalue weighted by atomic mass is 10.1. The molecule has 0 bridgehead atoms. The second kappa shape index (κ2) is 8.95. The summed E-state index contributed by atoms with van der Waals surface area (Å²) in [6, 6.07) is 21.1. The molecule has 1 amide bonds. The monoisotopic (exact) mass is 376 g/mol. The number of carbonyl (C=O) groups is 1. The minimum Gasteiger partial charge on any atom is -0.497 e. The van der Waals surface area contributed by atoms with Crippen LogP contribution in [0.3, 0.4) is 0 Å². The van der Waals surface area contributed by atoms with Gasteiger partial charge in [0.05, 0.1) is 14.2 Å². The van der Waals surface area contributed by atoms with Crippen molar-refractivity contribution in [2.24, 2.45) is 0 Å². The number of carbonyl (C=O) groups excluding carboxylic acids is 1. The zero-order valence-electron chi connectivity index (χ0n) is 16.3. The van der Waals surface area contributed by atoms with E-state index in [1.807, 2.05) is 24.3 Å². The minimum atomic E-state index is -0.224. The quantitative estimate of drug-likeness (QED) is 0.617. The topological polar surface area (TPSA) is 59.6 Å². The van der Waals surface area contributed by atoms with Gasteiger partial charge in [-0.1, -0.05) is 29.8 Å². The Morgan fingerprint density at radius 2 is 1.50 bits per heavy atom. The summed E-state index contributed by atoms with van der Waals surface area (Å²) in [5.41, 5.74) is 4.64. The van der Waals surface area contributed by atoms with Gasteiger partial charge in [0.25, 0.3) is 5.91 Å². The number of hydrogen-bond acceptors (Lipinski definition) is 4. The normalized spacial score (nSPS) is 10.2. The van der Waals surface area contributed by atoms with Crippen LogP contribution in [0, 0.1) is 6.92 Å². The first kappa shape index (κ1) is 19.3. The van der Waals surface area contributed by atoms with Gasteiger partial charge in [-0.15, -0.1) is 0 Å². The number of methoxy groups -OCH3 is 2. The number of nitrogens with one attached hydrogen (secondary N) is 2. The molecule has 0 aromatic heterocycles. The lowest BCUT2D eigenvalue weighted by Gasteiger charge is -2.11. The number of ether oxygens (including phenoxy) is 2. The highest BCUT2D eigenvalue weighted by atomic mass is 16.5. The van der Waals surface area contributed by atoms with Crippen molar-refractivity contribution in [2.75, 3.05) is 24.9 Å². The molecule has 3 aromatic carbocycles. The molecule has 28 heavy (non-hydrogen) atoms. The first-order valence-electron chi connectivity index (χ1n) is 9.01. The van der Waals surface area contributed by atoms with Crippen LogP contribution in [0.2, 0.25) is 0 Å². The van der Waals surface area contributed by atoms with Gasteiger partial charge in [-0.05, 0) is 48.9 Å². The maximum atomic E-state index is 12.5. The van der Waals surface area contributed by atoms with Crippen LogP contribution < -0.4 is 20.1 Å². The molecule has 0 radical (unpaired) electrons. The van der Waals surface area contributed by atoms with Gasteiger partial charge in [0.2, 0.25) is 0 Å². The predicted molar refractivity (Wildman–Crippen MR) is 112 cm³/mol. The van der Waals surface area contributed by atoms with Gasteiger partial charge >= 0.3 is 0 Å². The third-order valence-electron chi connectivity index (χ3n) is 4.34. The van der Waals surface area contributed by atoms with Gasteiger partial charge in [-0.3, -0.25) is 4.79 Å². The number of aryl methyl sites for hydroxylation is 1. The number of amides is 1. The van der Waals surface area contributed by atoms with Gasteiger partial charge in [-0.25, -0.2) is 0 Å². The van der Waals surface area contributed by atoms with E-state index in [9.17, 15) is 4.79 Å². The fraction of sp³-hybridized carbons (Fsp3) is 0.174. The molecule has 0 saturated heterocycles. The van der Waals surface area contributed by atoms with Crippen molar-refractivity contribution < 1.29 is 14.3 Å². The SMILES string of the molecule is COc1cc(OC)cc(C(=O)Nc2ccc(NCc3cccc(C)c3)cc2)c1. The summed E-state index contributed by atoms with van der Waals surface area (Å²) in [5.74, 6) is 0.915. The molecule has 3 aromatic rings. The highest BCUT2D eigenvalue weighted by molar-refractivity contribution is 6.04. The van der Waals surface area contributed by atoms with Crippen LogP contribution >= 0.6 is 0 Å². The molecule has 0 unspecified atom stereocenters. The Morgan fingerprint density at radius 1 is 0.857 bits per heavy atom. The Morgan fingerprint density at radius 3 is 2.11 bits per heavy atom. The van der Waals surface area contributed by atoms with E-state index in [1.54, 1.807) is 32.4 Å². The number of hydrogen-bond donors (Lipinski definition) is 2. The van der Waals surface area contributed by atoms with Crippen LogP contribution in [0.15, 0.2) is 66.7 Å². The van der Waals surface area contributed by atoms with Crippen LogP contribution in [0.4, 0.5) is 11.4 Å². The van der Waals surface area contributed by atoms with Crippen molar-refractivity contribution >= 4 is 17.3 Å². The minimum absolute atomic E-state index is 0.224. The van der Waals surface area contributed by atoms with E-state index in [1.165, 1.54) is 11.1 Å². The molecule has 0 aliphatic rings. The molecule has 0 saturated carbocycles. The summed E-state index contributed by atoms with van der Waals surface area (Å²) in [6.45, 7) is 2.83. The zero-order valence-corrected chi connectivity index (χ0v) is 16.3. The fourth-order valence-electron chi connectivity index (χ4n) is 2.84. The average Bonchev–Trinajstić information content (AvgIpc) is 2.72.